The Morgan fingerprint density at radius 1 is 0.952 bits per heavy atom. The van der Waals surface area contributed by atoms with Crippen LogP contribution >= 0.6 is 0 Å². The van der Waals surface area contributed by atoms with Crippen molar-refractivity contribution < 1.29 is 9.47 Å². The first kappa shape index (κ1) is 11.8. The van der Waals surface area contributed by atoms with Gasteiger partial charge in [0.2, 0.25) is 6.79 Å². The quantitative estimate of drug-likeness (QED) is 0.756. The molecule has 0 saturated heterocycles. The fourth-order valence-corrected chi connectivity index (χ4v) is 2.51. The molecule has 1 aromatic heterocycles. The summed E-state index contributed by atoms with van der Waals surface area (Å²) in [4.78, 5) is 0. The molecule has 3 aromatic rings. The van der Waals surface area contributed by atoms with Crippen molar-refractivity contribution in [3.63, 3.8) is 0 Å². The summed E-state index contributed by atoms with van der Waals surface area (Å²) >= 11 is 0. The monoisotopic (exact) mass is 279 g/mol. The van der Waals surface area contributed by atoms with E-state index < -0.39 is 0 Å². The first-order chi connectivity index (χ1) is 10.3. The van der Waals surface area contributed by atoms with Gasteiger partial charge in [-0.3, -0.25) is 5.10 Å². The summed E-state index contributed by atoms with van der Waals surface area (Å²) in [6.45, 7) is 0.259. The van der Waals surface area contributed by atoms with Gasteiger partial charge >= 0.3 is 0 Å². The number of rotatable bonds is 2. The number of nitrogens with zero attached hydrogens (tertiary/aromatic N) is 1. The zero-order valence-electron chi connectivity index (χ0n) is 11.2. The van der Waals surface area contributed by atoms with E-state index in [9.17, 15) is 0 Å². The first-order valence-electron chi connectivity index (χ1n) is 6.62. The zero-order chi connectivity index (χ0) is 14.2. The molecule has 3 N–H and O–H groups in total. The van der Waals surface area contributed by atoms with Crippen LogP contribution in [0.5, 0.6) is 11.5 Å². The molecular formula is C16H13N3O2. The maximum absolute atomic E-state index is 6.03. The lowest BCUT2D eigenvalue weighted by atomic mass is 10.0. The summed E-state index contributed by atoms with van der Waals surface area (Å²) in [6.07, 6.45) is 0. The van der Waals surface area contributed by atoms with Crippen LogP contribution < -0.4 is 15.2 Å². The van der Waals surface area contributed by atoms with Gasteiger partial charge in [0.1, 0.15) is 0 Å². The van der Waals surface area contributed by atoms with Gasteiger partial charge in [0.15, 0.2) is 17.3 Å². The third-order valence-electron chi connectivity index (χ3n) is 3.52. The van der Waals surface area contributed by atoms with Crippen molar-refractivity contribution in [1.29, 1.82) is 0 Å². The second-order valence-electron chi connectivity index (χ2n) is 4.79. The van der Waals surface area contributed by atoms with Crippen molar-refractivity contribution in [1.82, 2.24) is 10.2 Å². The zero-order valence-corrected chi connectivity index (χ0v) is 11.2. The Hall–Kier alpha value is -2.95. The Balaban J connectivity index is 1.87. The standard InChI is InChI=1S/C16H13N3O2/c17-16-14(10-4-2-1-3-5-10)15(18-19-16)11-6-7-12-13(8-11)21-9-20-12/h1-8H,9H2,(H3,17,18,19). The van der Waals surface area contributed by atoms with Gasteiger partial charge in [-0.2, -0.15) is 5.10 Å². The molecular weight excluding hydrogens is 266 g/mol. The largest absolute Gasteiger partial charge is 0.454 e. The molecule has 2 aromatic carbocycles. The van der Waals surface area contributed by atoms with Crippen molar-refractivity contribution in [2.75, 3.05) is 12.5 Å². The summed E-state index contributed by atoms with van der Waals surface area (Å²) in [6, 6.07) is 15.7. The van der Waals surface area contributed by atoms with Crippen molar-refractivity contribution in [2.24, 2.45) is 0 Å². The molecule has 0 saturated carbocycles. The molecule has 0 fully saturated rings. The number of H-pyrrole nitrogens is 1. The number of anilines is 1. The number of nitrogens with two attached hydrogens (primary N) is 1. The molecule has 21 heavy (non-hydrogen) atoms. The molecule has 4 rings (SSSR count). The fraction of sp³-hybridized carbons (Fsp3) is 0.0625. The predicted molar refractivity (Wildman–Crippen MR) is 80.0 cm³/mol. The minimum Gasteiger partial charge on any atom is -0.454 e. The number of fused-ring (bicyclic) bond motifs is 1. The number of aromatic nitrogens is 2. The van der Waals surface area contributed by atoms with Gasteiger partial charge in [0, 0.05) is 5.56 Å². The minimum atomic E-state index is 0.259. The summed E-state index contributed by atoms with van der Waals surface area (Å²) < 4.78 is 10.8. The van der Waals surface area contributed by atoms with Crippen molar-refractivity contribution in [2.45, 2.75) is 0 Å². The van der Waals surface area contributed by atoms with Gasteiger partial charge in [0.05, 0.1) is 11.3 Å². The minimum absolute atomic E-state index is 0.259. The Labute approximate surface area is 121 Å². The molecule has 0 aliphatic carbocycles. The molecule has 0 unspecified atom stereocenters. The molecule has 0 spiro atoms. The van der Waals surface area contributed by atoms with E-state index in [4.69, 9.17) is 15.2 Å². The second-order valence-corrected chi connectivity index (χ2v) is 4.79. The van der Waals surface area contributed by atoms with Gasteiger partial charge in [-0.1, -0.05) is 30.3 Å². The van der Waals surface area contributed by atoms with Crippen molar-refractivity contribution in [3.05, 3.63) is 48.5 Å². The third kappa shape index (κ3) is 1.90. The molecule has 0 bridgehead atoms. The molecule has 1 aliphatic rings. The third-order valence-corrected chi connectivity index (χ3v) is 3.52. The van der Waals surface area contributed by atoms with Crippen LogP contribution in [0.1, 0.15) is 0 Å². The van der Waals surface area contributed by atoms with Crippen LogP contribution in [-0.2, 0) is 0 Å². The van der Waals surface area contributed by atoms with Crippen molar-refractivity contribution in [3.8, 4) is 33.9 Å². The molecule has 2 heterocycles. The number of nitrogen functional groups attached to an aromatic ring is 1. The van der Waals surface area contributed by atoms with E-state index in [1.54, 1.807) is 0 Å². The highest BCUT2D eigenvalue weighted by Gasteiger charge is 2.18. The first-order valence-corrected chi connectivity index (χ1v) is 6.62. The summed E-state index contributed by atoms with van der Waals surface area (Å²) in [5.41, 5.74) is 9.78. The summed E-state index contributed by atoms with van der Waals surface area (Å²) in [5.74, 6) is 1.97. The van der Waals surface area contributed by atoms with E-state index in [-0.39, 0.29) is 6.79 Å². The highest BCUT2D eigenvalue weighted by atomic mass is 16.7. The lowest BCUT2D eigenvalue weighted by molar-refractivity contribution is 0.174. The van der Waals surface area contributed by atoms with Gasteiger partial charge < -0.3 is 15.2 Å². The van der Waals surface area contributed by atoms with Crippen LogP contribution in [0.4, 0.5) is 5.82 Å². The molecule has 0 radical (unpaired) electrons. The van der Waals surface area contributed by atoms with Crippen LogP contribution in [0.3, 0.4) is 0 Å². The van der Waals surface area contributed by atoms with E-state index in [0.717, 1.165) is 33.9 Å². The predicted octanol–water partition coefficient (Wildman–Crippen LogP) is 3.05. The highest BCUT2D eigenvalue weighted by molar-refractivity contribution is 5.88. The fourth-order valence-electron chi connectivity index (χ4n) is 2.51. The molecule has 104 valence electrons. The smallest absolute Gasteiger partial charge is 0.231 e. The highest BCUT2D eigenvalue weighted by Crippen LogP contribution is 2.39. The van der Waals surface area contributed by atoms with Gasteiger partial charge in [0.25, 0.3) is 0 Å². The lowest BCUT2D eigenvalue weighted by Gasteiger charge is -2.05. The Morgan fingerprint density at radius 3 is 2.62 bits per heavy atom. The van der Waals surface area contributed by atoms with Gasteiger partial charge in [-0.15, -0.1) is 0 Å². The lowest BCUT2D eigenvalue weighted by Crippen LogP contribution is -1.92. The number of ether oxygens (including phenoxy) is 2. The van der Waals surface area contributed by atoms with Crippen LogP contribution in [0.15, 0.2) is 48.5 Å². The number of aromatic amines is 1. The normalized spacial score (nSPS) is 12.6. The summed E-state index contributed by atoms with van der Waals surface area (Å²) in [7, 11) is 0. The number of benzene rings is 2. The maximum atomic E-state index is 6.03. The van der Waals surface area contributed by atoms with E-state index >= 15 is 0 Å². The molecule has 5 heteroatoms. The molecule has 0 atom stereocenters. The van der Waals surface area contributed by atoms with E-state index in [1.807, 2.05) is 48.5 Å². The van der Waals surface area contributed by atoms with Crippen LogP contribution in [0.2, 0.25) is 0 Å². The number of nitrogens with one attached hydrogen (secondary N) is 1. The van der Waals surface area contributed by atoms with E-state index in [0.29, 0.717) is 5.82 Å². The van der Waals surface area contributed by atoms with E-state index in [2.05, 4.69) is 10.2 Å². The number of hydrogen-bond acceptors (Lipinski definition) is 4. The van der Waals surface area contributed by atoms with E-state index in [1.165, 1.54) is 0 Å². The molecule has 5 nitrogen and oxygen atoms in total. The van der Waals surface area contributed by atoms with Crippen LogP contribution in [-0.4, -0.2) is 17.0 Å². The number of hydrogen-bond donors (Lipinski definition) is 2. The Morgan fingerprint density at radius 2 is 1.76 bits per heavy atom. The maximum Gasteiger partial charge on any atom is 0.231 e. The second kappa shape index (κ2) is 4.56. The topological polar surface area (TPSA) is 73.2 Å². The SMILES string of the molecule is Nc1n[nH]c(-c2ccc3c(c2)OCO3)c1-c1ccccc1. The van der Waals surface area contributed by atoms with Crippen LogP contribution in [0.25, 0.3) is 22.4 Å². The van der Waals surface area contributed by atoms with Gasteiger partial charge in [-0.25, -0.2) is 0 Å². The average molecular weight is 279 g/mol. The summed E-state index contributed by atoms with van der Waals surface area (Å²) in [5, 5.41) is 7.15. The molecule has 1 aliphatic heterocycles. The van der Waals surface area contributed by atoms with Crippen molar-refractivity contribution >= 4 is 5.82 Å². The van der Waals surface area contributed by atoms with Gasteiger partial charge in [-0.05, 0) is 23.8 Å². The molecule has 0 amide bonds. The Bertz CT molecular complexity index is 797. The Kier molecular flexibility index (Phi) is 2.57. The average Bonchev–Trinajstić information content (AvgIpc) is 3.13. The van der Waals surface area contributed by atoms with Crippen LogP contribution in [0, 0.1) is 0 Å².